The summed E-state index contributed by atoms with van der Waals surface area (Å²) in [6, 6.07) is 5.30. The monoisotopic (exact) mass is 248 g/mol. The fourth-order valence-corrected chi connectivity index (χ4v) is 1.58. The van der Waals surface area contributed by atoms with E-state index in [-0.39, 0.29) is 18.6 Å². The number of benzene rings is 1. The average Bonchev–Trinajstić information content (AvgIpc) is 3.13. The Kier molecular flexibility index (Phi) is 3.50. The largest absolute Gasteiger partial charge is 0.452 e. The van der Waals surface area contributed by atoms with Gasteiger partial charge in [-0.1, -0.05) is 6.07 Å². The van der Waals surface area contributed by atoms with E-state index in [0.29, 0.717) is 16.8 Å². The minimum atomic E-state index is -0.522. The first-order valence-electron chi connectivity index (χ1n) is 5.89. The van der Waals surface area contributed by atoms with Crippen molar-refractivity contribution in [2.45, 2.75) is 25.8 Å². The number of nitrogen functional groups attached to an aromatic ring is 1. The fraction of sp³-hybridized carbons (Fsp3) is 0.385. The van der Waals surface area contributed by atoms with Gasteiger partial charge in [0.2, 0.25) is 0 Å². The van der Waals surface area contributed by atoms with Gasteiger partial charge in [-0.25, -0.2) is 4.79 Å². The molecule has 96 valence electrons. The molecule has 1 saturated carbocycles. The second-order valence-corrected chi connectivity index (χ2v) is 4.44. The van der Waals surface area contributed by atoms with Crippen LogP contribution in [-0.4, -0.2) is 24.5 Å². The zero-order valence-corrected chi connectivity index (χ0v) is 10.2. The number of hydrogen-bond donors (Lipinski definition) is 2. The fourth-order valence-electron chi connectivity index (χ4n) is 1.58. The van der Waals surface area contributed by atoms with Crippen LogP contribution < -0.4 is 11.1 Å². The summed E-state index contributed by atoms with van der Waals surface area (Å²) >= 11 is 0. The molecule has 3 N–H and O–H groups in total. The number of hydrogen-bond acceptors (Lipinski definition) is 4. The Hall–Kier alpha value is -2.04. The maximum atomic E-state index is 11.8. The van der Waals surface area contributed by atoms with Crippen molar-refractivity contribution in [3.63, 3.8) is 0 Å². The third-order valence-electron chi connectivity index (χ3n) is 2.87. The lowest BCUT2D eigenvalue weighted by atomic mass is 10.1. The van der Waals surface area contributed by atoms with E-state index < -0.39 is 5.97 Å². The quantitative estimate of drug-likeness (QED) is 0.615. The summed E-state index contributed by atoms with van der Waals surface area (Å²) in [5.74, 6) is -0.779. The summed E-state index contributed by atoms with van der Waals surface area (Å²) in [4.78, 5) is 23.1. The van der Waals surface area contributed by atoms with E-state index in [1.54, 1.807) is 25.1 Å². The van der Waals surface area contributed by atoms with Crippen LogP contribution in [0.25, 0.3) is 0 Å². The molecule has 0 spiro atoms. The van der Waals surface area contributed by atoms with Crippen LogP contribution in [0.4, 0.5) is 5.69 Å². The number of amides is 1. The van der Waals surface area contributed by atoms with Crippen LogP contribution in [0.3, 0.4) is 0 Å². The van der Waals surface area contributed by atoms with Gasteiger partial charge in [0.1, 0.15) is 0 Å². The maximum Gasteiger partial charge on any atom is 0.338 e. The first-order chi connectivity index (χ1) is 8.58. The lowest BCUT2D eigenvalue weighted by Crippen LogP contribution is -2.30. The van der Waals surface area contributed by atoms with Crippen molar-refractivity contribution in [2.75, 3.05) is 12.3 Å². The molecule has 5 heteroatoms. The van der Waals surface area contributed by atoms with E-state index in [9.17, 15) is 9.59 Å². The van der Waals surface area contributed by atoms with Gasteiger partial charge in [-0.3, -0.25) is 4.79 Å². The van der Waals surface area contributed by atoms with Gasteiger partial charge in [-0.2, -0.15) is 0 Å². The van der Waals surface area contributed by atoms with Crippen molar-refractivity contribution < 1.29 is 14.3 Å². The number of carbonyl (C=O) groups excluding carboxylic acids is 2. The lowest BCUT2D eigenvalue weighted by molar-refractivity contribution is -0.124. The SMILES string of the molecule is Cc1c(N)cccc1C(=O)OCC(=O)NC1CC1. The van der Waals surface area contributed by atoms with Gasteiger partial charge in [0.15, 0.2) is 6.61 Å². The van der Waals surface area contributed by atoms with E-state index in [1.165, 1.54) is 0 Å². The van der Waals surface area contributed by atoms with Gasteiger partial charge in [0.05, 0.1) is 5.56 Å². The molecule has 1 aliphatic carbocycles. The lowest BCUT2D eigenvalue weighted by Gasteiger charge is -2.08. The molecule has 5 nitrogen and oxygen atoms in total. The summed E-state index contributed by atoms with van der Waals surface area (Å²) in [6.45, 7) is 1.50. The van der Waals surface area contributed by atoms with Crippen molar-refractivity contribution >= 4 is 17.6 Å². The third kappa shape index (κ3) is 3.00. The van der Waals surface area contributed by atoms with Crippen molar-refractivity contribution in [1.82, 2.24) is 5.32 Å². The van der Waals surface area contributed by atoms with E-state index in [1.807, 2.05) is 0 Å². The van der Waals surface area contributed by atoms with Crippen LogP contribution in [0.1, 0.15) is 28.8 Å². The number of rotatable bonds is 4. The van der Waals surface area contributed by atoms with Gasteiger partial charge >= 0.3 is 5.97 Å². The molecule has 0 aliphatic heterocycles. The minimum Gasteiger partial charge on any atom is -0.452 e. The molecule has 0 atom stereocenters. The molecule has 0 radical (unpaired) electrons. The Morgan fingerprint density at radius 3 is 2.83 bits per heavy atom. The standard InChI is InChI=1S/C13H16N2O3/c1-8-10(3-2-4-11(8)14)13(17)18-7-12(16)15-9-5-6-9/h2-4,9H,5-7,14H2,1H3,(H,15,16). The molecule has 0 heterocycles. The smallest absolute Gasteiger partial charge is 0.338 e. The number of nitrogens with two attached hydrogens (primary N) is 1. The normalized spacial score (nSPS) is 14.1. The number of esters is 1. The van der Waals surface area contributed by atoms with Crippen LogP contribution >= 0.6 is 0 Å². The molecule has 0 bridgehead atoms. The summed E-state index contributed by atoms with van der Waals surface area (Å²) < 4.78 is 4.95. The molecule has 0 aromatic heterocycles. The number of anilines is 1. The van der Waals surface area contributed by atoms with E-state index in [4.69, 9.17) is 10.5 Å². The number of carbonyl (C=O) groups is 2. The Bertz CT molecular complexity index is 481. The number of ether oxygens (including phenoxy) is 1. The van der Waals surface area contributed by atoms with E-state index in [0.717, 1.165) is 12.8 Å². The second kappa shape index (κ2) is 5.08. The first-order valence-corrected chi connectivity index (χ1v) is 5.89. The minimum absolute atomic E-state index is 0.246. The molecule has 2 rings (SSSR count). The van der Waals surface area contributed by atoms with E-state index >= 15 is 0 Å². The van der Waals surface area contributed by atoms with Crippen molar-refractivity contribution in [3.05, 3.63) is 29.3 Å². The molecule has 0 saturated heterocycles. The average molecular weight is 248 g/mol. The molecule has 0 unspecified atom stereocenters. The summed E-state index contributed by atoms with van der Waals surface area (Å²) in [6.07, 6.45) is 2.02. The molecular formula is C13H16N2O3. The van der Waals surface area contributed by atoms with Gasteiger partial charge < -0.3 is 15.8 Å². The topological polar surface area (TPSA) is 81.4 Å². The predicted octanol–water partition coefficient (Wildman–Crippen LogP) is 1.01. The Morgan fingerprint density at radius 1 is 1.44 bits per heavy atom. The van der Waals surface area contributed by atoms with Crippen LogP contribution in [0.2, 0.25) is 0 Å². The Balaban J connectivity index is 1.90. The highest BCUT2D eigenvalue weighted by molar-refractivity contribution is 5.94. The van der Waals surface area contributed by atoms with Crippen LogP contribution in [-0.2, 0) is 9.53 Å². The zero-order valence-electron chi connectivity index (χ0n) is 10.2. The van der Waals surface area contributed by atoms with Crippen LogP contribution in [0.15, 0.2) is 18.2 Å². The predicted molar refractivity (Wildman–Crippen MR) is 67.0 cm³/mol. The highest BCUT2D eigenvalue weighted by atomic mass is 16.5. The summed E-state index contributed by atoms with van der Waals surface area (Å²) in [7, 11) is 0. The molecule has 1 aliphatic rings. The summed E-state index contributed by atoms with van der Waals surface area (Å²) in [5, 5.41) is 2.75. The van der Waals surface area contributed by atoms with Gasteiger partial charge in [0, 0.05) is 11.7 Å². The molecule has 1 amide bonds. The highest BCUT2D eigenvalue weighted by Crippen LogP contribution is 2.18. The van der Waals surface area contributed by atoms with Crippen molar-refractivity contribution in [1.29, 1.82) is 0 Å². The Labute approximate surface area is 105 Å². The second-order valence-electron chi connectivity index (χ2n) is 4.44. The van der Waals surface area contributed by atoms with E-state index in [2.05, 4.69) is 5.32 Å². The molecule has 1 fully saturated rings. The highest BCUT2D eigenvalue weighted by Gasteiger charge is 2.23. The zero-order chi connectivity index (χ0) is 13.1. The maximum absolute atomic E-state index is 11.8. The Morgan fingerprint density at radius 2 is 2.17 bits per heavy atom. The van der Waals surface area contributed by atoms with Crippen LogP contribution in [0, 0.1) is 6.92 Å². The molecule has 1 aromatic rings. The van der Waals surface area contributed by atoms with Gasteiger partial charge in [-0.05, 0) is 37.5 Å². The van der Waals surface area contributed by atoms with Crippen LogP contribution in [0.5, 0.6) is 0 Å². The molecule has 1 aromatic carbocycles. The van der Waals surface area contributed by atoms with Gasteiger partial charge in [-0.15, -0.1) is 0 Å². The van der Waals surface area contributed by atoms with Gasteiger partial charge in [0.25, 0.3) is 5.91 Å². The summed E-state index contributed by atoms with van der Waals surface area (Å²) in [5.41, 5.74) is 7.30. The molecular weight excluding hydrogens is 232 g/mol. The molecule has 18 heavy (non-hydrogen) atoms. The van der Waals surface area contributed by atoms with Crippen molar-refractivity contribution in [2.24, 2.45) is 0 Å². The third-order valence-corrected chi connectivity index (χ3v) is 2.87. The number of nitrogens with one attached hydrogen (secondary N) is 1. The van der Waals surface area contributed by atoms with Crippen molar-refractivity contribution in [3.8, 4) is 0 Å². The first kappa shape index (κ1) is 12.4.